The van der Waals surface area contributed by atoms with E-state index in [-0.39, 0.29) is 5.56 Å². The van der Waals surface area contributed by atoms with E-state index in [4.69, 9.17) is 14.2 Å². The van der Waals surface area contributed by atoms with Crippen molar-refractivity contribution in [1.82, 2.24) is 0 Å². The minimum atomic E-state index is -1.57. The predicted molar refractivity (Wildman–Crippen MR) is 93.9 cm³/mol. The van der Waals surface area contributed by atoms with Crippen LogP contribution in [0.1, 0.15) is 27.6 Å². The monoisotopic (exact) mass is 372 g/mol. The van der Waals surface area contributed by atoms with Gasteiger partial charge in [-0.05, 0) is 31.2 Å². The quantitative estimate of drug-likeness (QED) is 0.785. The first-order valence-corrected chi connectivity index (χ1v) is 8.51. The molecule has 0 radical (unpaired) electrons. The molecule has 1 heterocycles. The van der Waals surface area contributed by atoms with Crippen LogP contribution in [0.3, 0.4) is 0 Å². The van der Waals surface area contributed by atoms with Gasteiger partial charge in [-0.3, -0.25) is 0 Å². The summed E-state index contributed by atoms with van der Waals surface area (Å²) in [4.78, 5) is 24.8. The number of esters is 2. The molecule has 0 amide bonds. The number of carbonyl (C=O) groups excluding carboxylic acids is 2. The van der Waals surface area contributed by atoms with E-state index in [2.05, 4.69) is 0 Å². The van der Waals surface area contributed by atoms with Gasteiger partial charge in [-0.25, -0.2) is 9.59 Å². The molecule has 1 aliphatic rings. The second-order valence-corrected chi connectivity index (χ2v) is 6.19. The lowest BCUT2D eigenvalue weighted by Crippen LogP contribution is -2.59. The molecule has 0 aliphatic carbocycles. The Hall–Kier alpha value is -2.74. The average Bonchev–Trinajstić information content (AvgIpc) is 2.69. The minimum absolute atomic E-state index is 0.270. The second kappa shape index (κ2) is 8.30. The lowest BCUT2D eigenvalue weighted by atomic mass is 9.99. The lowest BCUT2D eigenvalue weighted by Gasteiger charge is -2.40. The van der Waals surface area contributed by atoms with Crippen molar-refractivity contribution in [3.05, 3.63) is 71.8 Å². The van der Waals surface area contributed by atoms with Crippen LogP contribution in [0.15, 0.2) is 60.7 Å². The van der Waals surface area contributed by atoms with Crippen LogP contribution in [0.2, 0.25) is 0 Å². The van der Waals surface area contributed by atoms with Crippen molar-refractivity contribution in [1.29, 1.82) is 0 Å². The Morgan fingerprint density at radius 2 is 1.26 bits per heavy atom. The summed E-state index contributed by atoms with van der Waals surface area (Å²) >= 11 is 0. The summed E-state index contributed by atoms with van der Waals surface area (Å²) in [7, 11) is 0. The molecule has 0 aromatic heterocycles. The Labute approximate surface area is 156 Å². The number of rotatable bonds is 4. The van der Waals surface area contributed by atoms with E-state index < -0.39 is 42.6 Å². The van der Waals surface area contributed by atoms with E-state index in [1.807, 2.05) is 0 Å². The number of hydrogen-bond acceptors (Lipinski definition) is 7. The number of ether oxygens (including phenoxy) is 3. The van der Waals surface area contributed by atoms with Crippen molar-refractivity contribution in [3.8, 4) is 0 Å². The molecule has 142 valence electrons. The zero-order valence-electron chi connectivity index (χ0n) is 14.6. The molecule has 5 atom stereocenters. The van der Waals surface area contributed by atoms with Crippen LogP contribution in [0.25, 0.3) is 0 Å². The van der Waals surface area contributed by atoms with Gasteiger partial charge in [-0.2, -0.15) is 0 Å². The van der Waals surface area contributed by atoms with Gasteiger partial charge in [-0.1, -0.05) is 36.4 Å². The molecule has 1 fully saturated rings. The van der Waals surface area contributed by atoms with E-state index in [0.29, 0.717) is 5.56 Å². The smallest absolute Gasteiger partial charge is 0.338 e. The Bertz CT molecular complexity index is 777. The summed E-state index contributed by atoms with van der Waals surface area (Å²) in [5, 5.41) is 20.1. The van der Waals surface area contributed by atoms with Crippen molar-refractivity contribution in [3.63, 3.8) is 0 Å². The molecule has 2 aromatic carbocycles. The maximum atomic E-state index is 12.4. The fourth-order valence-corrected chi connectivity index (χ4v) is 2.83. The number of benzene rings is 2. The third-order valence-corrected chi connectivity index (χ3v) is 4.27. The molecule has 0 saturated carbocycles. The Balaban J connectivity index is 1.80. The van der Waals surface area contributed by atoms with Crippen LogP contribution in [0, 0.1) is 0 Å². The van der Waals surface area contributed by atoms with Crippen molar-refractivity contribution >= 4 is 11.9 Å². The van der Waals surface area contributed by atoms with Crippen LogP contribution in [0.5, 0.6) is 0 Å². The number of hydrogen-bond donors (Lipinski definition) is 2. The first-order chi connectivity index (χ1) is 13.0. The zero-order valence-corrected chi connectivity index (χ0v) is 14.6. The standard InChI is InChI=1S/C20H20O7/c1-12-16(26-18(22)13-8-4-2-5-9-13)17(15(21)20(24)25-12)27-19(23)14-10-6-3-7-11-14/h2-12,15-17,20-21,24H,1H3/t12?,15?,16-,17?,20-/m1/s1. The third-order valence-electron chi connectivity index (χ3n) is 4.27. The molecule has 1 aliphatic heterocycles. The summed E-state index contributed by atoms with van der Waals surface area (Å²) in [6.45, 7) is 1.56. The number of aliphatic hydroxyl groups is 2. The lowest BCUT2D eigenvalue weighted by molar-refractivity contribution is -0.276. The molecule has 0 spiro atoms. The molecular weight excluding hydrogens is 352 g/mol. The van der Waals surface area contributed by atoms with Crippen molar-refractivity contribution < 1.29 is 34.0 Å². The average molecular weight is 372 g/mol. The molecule has 0 bridgehead atoms. The first-order valence-electron chi connectivity index (χ1n) is 8.51. The van der Waals surface area contributed by atoms with Crippen molar-refractivity contribution in [2.75, 3.05) is 0 Å². The maximum absolute atomic E-state index is 12.4. The topological polar surface area (TPSA) is 102 Å². The van der Waals surface area contributed by atoms with Gasteiger partial charge in [0, 0.05) is 0 Å². The summed E-state index contributed by atoms with van der Waals surface area (Å²) in [5.41, 5.74) is 0.574. The van der Waals surface area contributed by atoms with Crippen molar-refractivity contribution in [2.24, 2.45) is 0 Å². The zero-order chi connectivity index (χ0) is 19.4. The van der Waals surface area contributed by atoms with Gasteiger partial charge in [0.2, 0.25) is 0 Å². The highest BCUT2D eigenvalue weighted by Crippen LogP contribution is 2.26. The summed E-state index contributed by atoms with van der Waals surface area (Å²) in [6.07, 6.45) is -6.32. The van der Waals surface area contributed by atoms with Crippen LogP contribution in [0.4, 0.5) is 0 Å². The van der Waals surface area contributed by atoms with Gasteiger partial charge in [0.05, 0.1) is 17.2 Å². The Morgan fingerprint density at radius 3 is 1.74 bits per heavy atom. The van der Waals surface area contributed by atoms with Gasteiger partial charge in [0.1, 0.15) is 6.10 Å². The van der Waals surface area contributed by atoms with Crippen LogP contribution >= 0.6 is 0 Å². The first kappa shape index (κ1) is 19.0. The Kier molecular flexibility index (Phi) is 5.85. The fraction of sp³-hybridized carbons (Fsp3) is 0.300. The Morgan fingerprint density at radius 1 is 0.815 bits per heavy atom. The van der Waals surface area contributed by atoms with Crippen molar-refractivity contribution in [2.45, 2.75) is 37.6 Å². The fourth-order valence-electron chi connectivity index (χ4n) is 2.83. The molecule has 1 saturated heterocycles. The second-order valence-electron chi connectivity index (χ2n) is 6.19. The highest BCUT2D eigenvalue weighted by molar-refractivity contribution is 5.90. The van der Waals surface area contributed by atoms with Gasteiger partial charge in [0.15, 0.2) is 18.5 Å². The van der Waals surface area contributed by atoms with E-state index in [1.165, 1.54) is 0 Å². The summed E-state index contributed by atoms with van der Waals surface area (Å²) < 4.78 is 16.0. The third kappa shape index (κ3) is 4.33. The highest BCUT2D eigenvalue weighted by atomic mass is 16.7. The van der Waals surface area contributed by atoms with Crippen LogP contribution < -0.4 is 0 Å². The molecule has 7 nitrogen and oxygen atoms in total. The van der Waals surface area contributed by atoms with E-state index in [1.54, 1.807) is 67.6 Å². The van der Waals surface area contributed by atoms with Gasteiger partial charge in [0.25, 0.3) is 0 Å². The van der Waals surface area contributed by atoms with Crippen LogP contribution in [-0.2, 0) is 14.2 Å². The molecule has 3 unspecified atom stereocenters. The van der Waals surface area contributed by atoms with Gasteiger partial charge in [-0.15, -0.1) is 0 Å². The van der Waals surface area contributed by atoms with E-state index >= 15 is 0 Å². The molecule has 27 heavy (non-hydrogen) atoms. The molecular formula is C20H20O7. The van der Waals surface area contributed by atoms with Gasteiger partial charge >= 0.3 is 11.9 Å². The minimum Gasteiger partial charge on any atom is -0.452 e. The van der Waals surface area contributed by atoms with E-state index in [0.717, 1.165) is 0 Å². The molecule has 2 N–H and O–H groups in total. The SMILES string of the molecule is CC1O[C@@H](O)C(O)C(OC(=O)c2ccccc2)[C@@H]1OC(=O)c1ccccc1. The van der Waals surface area contributed by atoms with Gasteiger partial charge < -0.3 is 24.4 Å². The summed E-state index contributed by atoms with van der Waals surface area (Å²) in [6, 6.07) is 16.5. The maximum Gasteiger partial charge on any atom is 0.338 e. The molecule has 7 heteroatoms. The normalized spacial score (nSPS) is 27.6. The van der Waals surface area contributed by atoms with E-state index in [9.17, 15) is 19.8 Å². The number of carbonyl (C=O) groups is 2. The predicted octanol–water partition coefficient (Wildman–Crippen LogP) is 1.54. The molecule has 3 rings (SSSR count). The summed E-state index contributed by atoms with van der Waals surface area (Å²) in [5.74, 6) is -1.36. The number of aliphatic hydroxyl groups excluding tert-OH is 2. The molecule has 2 aromatic rings. The largest absolute Gasteiger partial charge is 0.452 e. The highest BCUT2D eigenvalue weighted by Gasteiger charge is 2.47. The van der Waals surface area contributed by atoms with Crippen LogP contribution in [-0.4, -0.2) is 52.9 Å².